The number of aromatic hydroxyl groups is 1. The normalized spacial score (nSPS) is 22.9. The number of phenols is 1. The van der Waals surface area contributed by atoms with Crippen LogP contribution in [0.5, 0.6) is 5.75 Å². The van der Waals surface area contributed by atoms with Gasteiger partial charge in [0.05, 0.1) is 6.61 Å². The van der Waals surface area contributed by atoms with Gasteiger partial charge < -0.3 is 24.2 Å². The number of nitrogens with zero attached hydrogens (tertiary/aromatic N) is 1. The first-order valence-corrected chi connectivity index (χ1v) is 12.4. The summed E-state index contributed by atoms with van der Waals surface area (Å²) in [4.78, 5) is 2.45. The summed E-state index contributed by atoms with van der Waals surface area (Å²) in [6.45, 7) is 4.64. The second-order valence-electron chi connectivity index (χ2n) is 9.83. The van der Waals surface area contributed by atoms with Crippen LogP contribution in [-0.4, -0.2) is 38.7 Å². The molecule has 0 radical (unpaired) electrons. The minimum atomic E-state index is -0.513. The monoisotopic (exact) mass is 473 g/mol. The molecule has 3 aromatic carbocycles. The van der Waals surface area contributed by atoms with E-state index in [-0.39, 0.29) is 18.0 Å². The quantitative estimate of drug-likeness (QED) is 0.458. The van der Waals surface area contributed by atoms with E-state index in [4.69, 9.17) is 14.2 Å². The Balaban J connectivity index is 1.44. The van der Waals surface area contributed by atoms with Crippen LogP contribution < -0.4 is 4.90 Å². The van der Waals surface area contributed by atoms with Gasteiger partial charge in [-0.2, -0.15) is 0 Å². The van der Waals surface area contributed by atoms with Crippen LogP contribution in [0.15, 0.2) is 72.8 Å². The molecule has 5 nitrogen and oxygen atoms in total. The van der Waals surface area contributed by atoms with Crippen molar-refractivity contribution in [2.24, 2.45) is 5.92 Å². The maximum absolute atomic E-state index is 10.1. The molecule has 1 saturated heterocycles. The lowest BCUT2D eigenvalue weighted by atomic mass is 9.71. The molecular weight excluding hydrogens is 438 g/mol. The van der Waals surface area contributed by atoms with Crippen molar-refractivity contribution in [2.75, 3.05) is 32.2 Å². The highest BCUT2D eigenvalue weighted by atomic mass is 16.7. The van der Waals surface area contributed by atoms with Gasteiger partial charge in [-0.1, -0.05) is 48.5 Å². The second-order valence-corrected chi connectivity index (χ2v) is 9.83. The van der Waals surface area contributed by atoms with Gasteiger partial charge in [-0.15, -0.1) is 0 Å². The van der Waals surface area contributed by atoms with Crippen molar-refractivity contribution in [3.8, 4) is 5.75 Å². The van der Waals surface area contributed by atoms with Gasteiger partial charge in [0.2, 0.25) is 0 Å². The average molecular weight is 474 g/mol. The maximum Gasteiger partial charge on any atom is 0.159 e. The van der Waals surface area contributed by atoms with E-state index in [1.54, 1.807) is 20.3 Å². The number of piperidine rings is 1. The molecule has 2 heterocycles. The highest BCUT2D eigenvalue weighted by Crippen LogP contribution is 2.49. The molecule has 184 valence electrons. The van der Waals surface area contributed by atoms with E-state index in [1.807, 2.05) is 12.1 Å². The number of ether oxygens (including phenoxy) is 3. The van der Waals surface area contributed by atoms with Crippen molar-refractivity contribution in [3.05, 3.63) is 95.1 Å². The zero-order valence-corrected chi connectivity index (χ0v) is 20.8. The topological polar surface area (TPSA) is 51.2 Å². The smallest absolute Gasteiger partial charge is 0.159 e. The first kappa shape index (κ1) is 23.9. The van der Waals surface area contributed by atoms with Crippen LogP contribution in [0, 0.1) is 5.92 Å². The van der Waals surface area contributed by atoms with Crippen LogP contribution in [0.1, 0.15) is 47.9 Å². The molecule has 0 saturated carbocycles. The molecule has 1 N–H and O–H groups in total. The summed E-state index contributed by atoms with van der Waals surface area (Å²) < 4.78 is 17.5. The Morgan fingerprint density at radius 1 is 0.943 bits per heavy atom. The van der Waals surface area contributed by atoms with E-state index in [0.29, 0.717) is 12.5 Å². The van der Waals surface area contributed by atoms with Gasteiger partial charge in [0, 0.05) is 44.8 Å². The molecule has 0 bridgehead atoms. The fourth-order valence-corrected chi connectivity index (χ4v) is 5.91. The van der Waals surface area contributed by atoms with E-state index in [9.17, 15) is 5.11 Å². The molecule has 0 amide bonds. The standard InChI is InChI=1S/C30H35NO4/c1-30(24-7-5-4-6-8-24)28(27-14-13-26(32)19-23(27)20-35-30)21-9-11-25(12-10-21)31-17-15-22(16-18-31)29(33-2)34-3/h4-14,19,22,28-29,32H,15-18,20H2,1-3H3. The van der Waals surface area contributed by atoms with Crippen molar-refractivity contribution < 1.29 is 19.3 Å². The van der Waals surface area contributed by atoms with Gasteiger partial charge in [0.15, 0.2) is 6.29 Å². The number of fused-ring (bicyclic) bond motifs is 1. The van der Waals surface area contributed by atoms with Crippen molar-refractivity contribution in [1.82, 2.24) is 0 Å². The number of hydrogen-bond donors (Lipinski definition) is 1. The fraction of sp³-hybridized carbons (Fsp3) is 0.400. The molecule has 2 aliphatic rings. The Kier molecular flexibility index (Phi) is 6.83. The van der Waals surface area contributed by atoms with Crippen LogP contribution in [0.3, 0.4) is 0 Å². The third kappa shape index (κ3) is 4.56. The summed E-state index contributed by atoms with van der Waals surface area (Å²) in [6, 6.07) is 25.1. The molecule has 2 unspecified atom stereocenters. The number of phenolic OH excluding ortho intramolecular Hbond substituents is 1. The molecule has 0 aromatic heterocycles. The molecule has 5 rings (SSSR count). The molecule has 2 aliphatic heterocycles. The Labute approximate surface area is 208 Å². The first-order chi connectivity index (χ1) is 17.0. The van der Waals surface area contributed by atoms with Crippen molar-refractivity contribution in [2.45, 2.75) is 44.2 Å². The summed E-state index contributed by atoms with van der Waals surface area (Å²) in [5, 5.41) is 10.1. The zero-order chi connectivity index (χ0) is 24.4. The predicted octanol–water partition coefficient (Wildman–Crippen LogP) is 5.81. The number of benzene rings is 3. The molecule has 35 heavy (non-hydrogen) atoms. The maximum atomic E-state index is 10.1. The molecule has 5 heteroatoms. The number of hydrogen-bond acceptors (Lipinski definition) is 5. The molecule has 2 atom stereocenters. The lowest BCUT2D eigenvalue weighted by Crippen LogP contribution is -2.39. The average Bonchev–Trinajstić information content (AvgIpc) is 2.91. The second kappa shape index (κ2) is 10.0. The largest absolute Gasteiger partial charge is 0.508 e. The van der Waals surface area contributed by atoms with Gasteiger partial charge in [0.25, 0.3) is 0 Å². The number of anilines is 1. The molecule has 0 spiro atoms. The van der Waals surface area contributed by atoms with Crippen molar-refractivity contribution in [3.63, 3.8) is 0 Å². The molecule has 0 aliphatic carbocycles. The highest BCUT2D eigenvalue weighted by molar-refractivity contribution is 5.53. The summed E-state index contributed by atoms with van der Waals surface area (Å²) in [7, 11) is 3.44. The van der Waals surface area contributed by atoms with E-state index < -0.39 is 5.60 Å². The van der Waals surface area contributed by atoms with Crippen molar-refractivity contribution in [1.29, 1.82) is 0 Å². The third-order valence-electron chi connectivity index (χ3n) is 7.84. The number of rotatable bonds is 6. The van der Waals surface area contributed by atoms with E-state index in [0.717, 1.165) is 37.1 Å². The SMILES string of the molecule is COC(OC)C1CCN(c2ccc(C3c4ccc(O)cc4COC3(C)c3ccccc3)cc2)CC1. The van der Waals surface area contributed by atoms with Gasteiger partial charge in [-0.25, -0.2) is 0 Å². The summed E-state index contributed by atoms with van der Waals surface area (Å²) in [6.07, 6.45) is 1.97. The Hall–Kier alpha value is -2.86. The van der Waals surface area contributed by atoms with Crippen LogP contribution in [0.4, 0.5) is 5.69 Å². The van der Waals surface area contributed by atoms with E-state index in [1.165, 1.54) is 16.8 Å². The summed E-state index contributed by atoms with van der Waals surface area (Å²) >= 11 is 0. The minimum absolute atomic E-state index is 0.0122. The Morgan fingerprint density at radius 2 is 1.63 bits per heavy atom. The Morgan fingerprint density at radius 3 is 2.29 bits per heavy atom. The van der Waals surface area contributed by atoms with Gasteiger partial charge >= 0.3 is 0 Å². The van der Waals surface area contributed by atoms with Crippen molar-refractivity contribution >= 4 is 5.69 Å². The Bertz CT molecular complexity index is 1120. The molecular formula is C30H35NO4. The third-order valence-corrected chi connectivity index (χ3v) is 7.84. The van der Waals surface area contributed by atoms with Gasteiger partial charge in [-0.3, -0.25) is 0 Å². The minimum Gasteiger partial charge on any atom is -0.508 e. The van der Waals surface area contributed by atoms with E-state index in [2.05, 4.69) is 66.4 Å². The molecule has 1 fully saturated rings. The predicted molar refractivity (Wildman–Crippen MR) is 138 cm³/mol. The zero-order valence-electron chi connectivity index (χ0n) is 20.8. The summed E-state index contributed by atoms with van der Waals surface area (Å²) in [5.74, 6) is 0.718. The van der Waals surface area contributed by atoms with Gasteiger partial charge in [-0.05, 0) is 66.3 Å². The fourth-order valence-electron chi connectivity index (χ4n) is 5.91. The molecule has 3 aromatic rings. The first-order valence-electron chi connectivity index (χ1n) is 12.4. The lowest BCUT2D eigenvalue weighted by Gasteiger charge is -2.43. The highest BCUT2D eigenvalue weighted by Gasteiger charge is 2.43. The number of methoxy groups -OCH3 is 2. The van der Waals surface area contributed by atoms with Crippen LogP contribution in [-0.2, 0) is 26.4 Å². The van der Waals surface area contributed by atoms with Crippen LogP contribution in [0.25, 0.3) is 0 Å². The van der Waals surface area contributed by atoms with E-state index >= 15 is 0 Å². The van der Waals surface area contributed by atoms with Gasteiger partial charge in [0.1, 0.15) is 11.4 Å². The van der Waals surface area contributed by atoms with Crippen LogP contribution in [0.2, 0.25) is 0 Å². The summed E-state index contributed by atoms with van der Waals surface area (Å²) in [5.41, 5.74) is 5.34. The van der Waals surface area contributed by atoms with Crippen LogP contribution >= 0.6 is 0 Å². The lowest BCUT2D eigenvalue weighted by molar-refractivity contribution is -0.141.